The van der Waals surface area contributed by atoms with Crippen LogP contribution in [0.15, 0.2) is 0 Å². The maximum Gasteiger partial charge on any atom is 0.0125 e. The average Bonchev–Trinajstić information content (AvgIpc) is 2.37. The topological polar surface area (TPSA) is 6.48 Å². The summed E-state index contributed by atoms with van der Waals surface area (Å²) in [4.78, 5) is 5.19. The first-order chi connectivity index (χ1) is 7.16. The Kier molecular flexibility index (Phi) is 2.67. The standard InChI is InChI=1S/C14H28N2/c1-12(2,3)16-10-13(4)7-8-15(6)9-14(13,5)11-16/h7-11H2,1-6H3/t13-,14+/m0/s1. The van der Waals surface area contributed by atoms with Gasteiger partial charge in [-0.1, -0.05) is 13.8 Å². The first-order valence-electron chi connectivity index (χ1n) is 6.60. The third-order valence-electron chi connectivity index (χ3n) is 5.15. The fourth-order valence-corrected chi connectivity index (χ4v) is 3.49. The lowest BCUT2D eigenvalue weighted by molar-refractivity contribution is 0.0233. The quantitative estimate of drug-likeness (QED) is 0.623. The third-order valence-corrected chi connectivity index (χ3v) is 5.15. The lowest BCUT2D eigenvalue weighted by Crippen LogP contribution is -2.51. The Morgan fingerprint density at radius 2 is 1.50 bits per heavy atom. The van der Waals surface area contributed by atoms with Gasteiger partial charge in [0.05, 0.1) is 0 Å². The van der Waals surface area contributed by atoms with Gasteiger partial charge in [0, 0.05) is 25.2 Å². The molecule has 0 aromatic heterocycles. The molecule has 0 aromatic rings. The van der Waals surface area contributed by atoms with Gasteiger partial charge in [0.2, 0.25) is 0 Å². The Labute approximate surface area is 101 Å². The minimum absolute atomic E-state index is 0.321. The molecule has 0 unspecified atom stereocenters. The van der Waals surface area contributed by atoms with Crippen LogP contribution in [0.25, 0.3) is 0 Å². The van der Waals surface area contributed by atoms with Crippen molar-refractivity contribution in [3.63, 3.8) is 0 Å². The number of rotatable bonds is 0. The van der Waals surface area contributed by atoms with E-state index in [1.165, 1.54) is 32.6 Å². The molecular weight excluding hydrogens is 196 g/mol. The van der Waals surface area contributed by atoms with Crippen molar-refractivity contribution in [1.29, 1.82) is 0 Å². The van der Waals surface area contributed by atoms with E-state index in [9.17, 15) is 0 Å². The monoisotopic (exact) mass is 224 g/mol. The van der Waals surface area contributed by atoms with Crippen LogP contribution >= 0.6 is 0 Å². The maximum atomic E-state index is 2.69. The van der Waals surface area contributed by atoms with E-state index in [1.54, 1.807) is 0 Å². The Morgan fingerprint density at radius 1 is 0.938 bits per heavy atom. The summed E-state index contributed by atoms with van der Waals surface area (Å²) in [5.74, 6) is 0. The lowest BCUT2D eigenvalue weighted by Gasteiger charge is -2.47. The number of hydrogen-bond donors (Lipinski definition) is 0. The predicted octanol–water partition coefficient (Wildman–Crippen LogP) is 2.45. The highest BCUT2D eigenvalue weighted by atomic mass is 15.3. The Morgan fingerprint density at radius 3 is 2.06 bits per heavy atom. The SMILES string of the molecule is CN1CC[C@@]2(C)CN(C(C)(C)C)C[C@@]2(C)C1. The van der Waals surface area contributed by atoms with Crippen LogP contribution in [0.3, 0.4) is 0 Å². The van der Waals surface area contributed by atoms with Crippen molar-refractivity contribution >= 4 is 0 Å². The number of nitrogens with zero attached hydrogens (tertiary/aromatic N) is 2. The van der Waals surface area contributed by atoms with E-state index < -0.39 is 0 Å². The Balaban J connectivity index is 2.23. The molecule has 0 amide bonds. The summed E-state index contributed by atoms with van der Waals surface area (Å²) >= 11 is 0. The van der Waals surface area contributed by atoms with Crippen LogP contribution in [0.4, 0.5) is 0 Å². The molecule has 0 bridgehead atoms. The predicted molar refractivity (Wildman–Crippen MR) is 69.7 cm³/mol. The van der Waals surface area contributed by atoms with Gasteiger partial charge in [-0.15, -0.1) is 0 Å². The second kappa shape index (κ2) is 3.46. The number of piperidine rings is 1. The van der Waals surface area contributed by atoms with Gasteiger partial charge >= 0.3 is 0 Å². The lowest BCUT2D eigenvalue weighted by atomic mass is 9.64. The molecule has 2 saturated heterocycles. The van der Waals surface area contributed by atoms with Gasteiger partial charge in [-0.3, -0.25) is 4.90 Å². The zero-order valence-electron chi connectivity index (χ0n) is 11.9. The first kappa shape index (κ1) is 12.4. The smallest absolute Gasteiger partial charge is 0.0125 e. The first-order valence-corrected chi connectivity index (χ1v) is 6.60. The average molecular weight is 224 g/mol. The van der Waals surface area contributed by atoms with E-state index in [1.807, 2.05) is 0 Å². The number of hydrogen-bond acceptors (Lipinski definition) is 2. The second-order valence-corrected chi connectivity index (χ2v) is 7.64. The largest absolute Gasteiger partial charge is 0.306 e. The molecule has 2 rings (SSSR count). The molecule has 2 nitrogen and oxygen atoms in total. The Bertz CT molecular complexity index is 281. The van der Waals surface area contributed by atoms with E-state index >= 15 is 0 Å². The highest BCUT2D eigenvalue weighted by Gasteiger charge is 2.55. The van der Waals surface area contributed by atoms with Crippen LogP contribution in [0.5, 0.6) is 0 Å². The highest BCUT2D eigenvalue weighted by Crippen LogP contribution is 2.52. The maximum absolute atomic E-state index is 2.69. The van der Waals surface area contributed by atoms with E-state index in [0.29, 0.717) is 16.4 Å². The van der Waals surface area contributed by atoms with Crippen LogP contribution in [-0.2, 0) is 0 Å². The van der Waals surface area contributed by atoms with E-state index in [2.05, 4.69) is 51.5 Å². The molecule has 2 fully saturated rings. The molecular formula is C14H28N2. The van der Waals surface area contributed by atoms with E-state index in [-0.39, 0.29) is 0 Å². The summed E-state index contributed by atoms with van der Waals surface area (Å²) in [6.07, 6.45) is 1.35. The molecule has 0 N–H and O–H groups in total. The van der Waals surface area contributed by atoms with Gasteiger partial charge in [0.15, 0.2) is 0 Å². The van der Waals surface area contributed by atoms with Crippen LogP contribution in [0.2, 0.25) is 0 Å². The van der Waals surface area contributed by atoms with Crippen LogP contribution in [-0.4, -0.2) is 48.6 Å². The highest BCUT2D eigenvalue weighted by molar-refractivity contribution is 5.07. The van der Waals surface area contributed by atoms with Crippen molar-refractivity contribution < 1.29 is 0 Å². The van der Waals surface area contributed by atoms with Gasteiger partial charge in [0.1, 0.15) is 0 Å². The summed E-state index contributed by atoms with van der Waals surface area (Å²) in [5, 5.41) is 0. The molecule has 2 aliphatic rings. The molecule has 0 aliphatic carbocycles. The van der Waals surface area contributed by atoms with Crippen molar-refractivity contribution in [3.8, 4) is 0 Å². The summed E-state index contributed by atoms with van der Waals surface area (Å²) in [5.41, 5.74) is 1.32. The summed E-state index contributed by atoms with van der Waals surface area (Å²) < 4.78 is 0. The molecule has 0 aromatic carbocycles. The van der Waals surface area contributed by atoms with Gasteiger partial charge < -0.3 is 4.90 Å². The molecule has 2 heteroatoms. The molecule has 2 heterocycles. The van der Waals surface area contributed by atoms with Crippen molar-refractivity contribution in [2.24, 2.45) is 10.8 Å². The molecule has 94 valence electrons. The molecule has 0 saturated carbocycles. The minimum Gasteiger partial charge on any atom is -0.306 e. The van der Waals surface area contributed by atoms with Crippen LogP contribution < -0.4 is 0 Å². The van der Waals surface area contributed by atoms with Crippen molar-refractivity contribution in [2.45, 2.75) is 46.6 Å². The second-order valence-electron chi connectivity index (χ2n) is 7.64. The zero-order chi connectivity index (χ0) is 12.2. The molecule has 16 heavy (non-hydrogen) atoms. The molecule has 2 aliphatic heterocycles. The van der Waals surface area contributed by atoms with Crippen LogP contribution in [0.1, 0.15) is 41.0 Å². The van der Waals surface area contributed by atoms with Crippen molar-refractivity contribution in [2.75, 3.05) is 33.2 Å². The van der Waals surface area contributed by atoms with Gasteiger partial charge in [-0.2, -0.15) is 0 Å². The van der Waals surface area contributed by atoms with Crippen molar-refractivity contribution in [1.82, 2.24) is 9.80 Å². The van der Waals surface area contributed by atoms with Gasteiger partial charge in [0.25, 0.3) is 0 Å². The number of likely N-dealkylation sites (tertiary alicyclic amines) is 2. The Hall–Kier alpha value is -0.0800. The molecule has 0 spiro atoms. The minimum atomic E-state index is 0.321. The normalized spacial score (nSPS) is 42.4. The van der Waals surface area contributed by atoms with E-state index in [0.717, 1.165) is 0 Å². The van der Waals surface area contributed by atoms with Crippen molar-refractivity contribution in [3.05, 3.63) is 0 Å². The third kappa shape index (κ3) is 1.80. The van der Waals surface area contributed by atoms with Gasteiger partial charge in [-0.25, -0.2) is 0 Å². The fourth-order valence-electron chi connectivity index (χ4n) is 3.49. The molecule has 2 atom stereocenters. The van der Waals surface area contributed by atoms with Crippen LogP contribution in [0, 0.1) is 10.8 Å². The summed E-state index contributed by atoms with van der Waals surface area (Å²) in [7, 11) is 2.27. The fraction of sp³-hybridized carbons (Fsp3) is 1.00. The molecule has 0 radical (unpaired) electrons. The van der Waals surface area contributed by atoms with Gasteiger partial charge in [-0.05, 0) is 51.6 Å². The summed E-state index contributed by atoms with van der Waals surface area (Å²) in [6, 6.07) is 0. The zero-order valence-corrected chi connectivity index (χ0v) is 11.9. The number of fused-ring (bicyclic) bond motifs is 1. The summed E-state index contributed by atoms with van der Waals surface area (Å²) in [6.45, 7) is 17.1. The van der Waals surface area contributed by atoms with E-state index in [4.69, 9.17) is 0 Å².